The quantitative estimate of drug-likeness (QED) is 0.767. The van der Waals surface area contributed by atoms with E-state index in [1.165, 1.54) is 11.0 Å². The number of hydrogen-bond acceptors (Lipinski definition) is 5. The number of carbonyl (C=O) groups excluding carboxylic acids is 2. The van der Waals surface area contributed by atoms with E-state index in [9.17, 15) is 14.7 Å². The Kier molecular flexibility index (Phi) is 5.85. The fraction of sp³-hybridized carbons (Fsp3) is 0.278. The van der Waals surface area contributed by atoms with Crippen LogP contribution in [0.4, 0.5) is 0 Å². The van der Waals surface area contributed by atoms with Gasteiger partial charge in [0.25, 0.3) is 11.8 Å². The topological polar surface area (TPSA) is 91.8 Å². The first-order valence-corrected chi connectivity index (χ1v) is 8.92. The number of pyridine rings is 1. The first kappa shape index (κ1) is 18.3. The van der Waals surface area contributed by atoms with Gasteiger partial charge in [-0.05, 0) is 45.8 Å². The van der Waals surface area contributed by atoms with Crippen LogP contribution < -0.4 is 10.1 Å². The number of amides is 2. The van der Waals surface area contributed by atoms with Crippen LogP contribution in [0.15, 0.2) is 41.1 Å². The molecule has 8 heteroatoms. The molecule has 2 amide bonds. The second-order valence-electron chi connectivity index (χ2n) is 5.78. The maximum absolute atomic E-state index is 12.9. The zero-order valence-electron chi connectivity index (χ0n) is 13.9. The number of benzene rings is 1. The predicted octanol–water partition coefficient (Wildman–Crippen LogP) is 1.60. The molecule has 2 heterocycles. The van der Waals surface area contributed by atoms with Crippen LogP contribution in [0.3, 0.4) is 0 Å². The molecule has 136 valence electrons. The molecule has 0 bridgehead atoms. The summed E-state index contributed by atoms with van der Waals surface area (Å²) in [5.74, 6) is -0.0858. The van der Waals surface area contributed by atoms with E-state index in [0.717, 1.165) is 10.0 Å². The minimum absolute atomic E-state index is 0.165. The van der Waals surface area contributed by atoms with Crippen molar-refractivity contribution in [2.45, 2.75) is 6.54 Å². The number of nitrogens with one attached hydrogen (secondary N) is 1. The number of rotatable bonds is 5. The molecule has 3 rings (SSSR count). The first-order valence-electron chi connectivity index (χ1n) is 8.13. The molecule has 1 aromatic heterocycles. The van der Waals surface area contributed by atoms with Gasteiger partial charge in [-0.25, -0.2) is 0 Å². The lowest BCUT2D eigenvalue weighted by atomic mass is 10.1. The number of ether oxygens (including phenoxy) is 1. The standard InChI is InChI=1S/C18H18BrN3O4/c19-14-7-12(9-20-10-14)11-22(4-5-23)18(25)13-1-2-16-15(8-13)17(24)21-3-6-26-16/h1-2,7-10,23H,3-6,11H2,(H,21,24). The van der Waals surface area contributed by atoms with Crippen LogP contribution in [0.25, 0.3) is 0 Å². The number of fused-ring (bicyclic) bond motifs is 1. The molecule has 0 fully saturated rings. The predicted molar refractivity (Wildman–Crippen MR) is 98.0 cm³/mol. The molecule has 0 spiro atoms. The van der Waals surface area contributed by atoms with E-state index < -0.39 is 0 Å². The van der Waals surface area contributed by atoms with Crippen molar-refractivity contribution >= 4 is 27.7 Å². The van der Waals surface area contributed by atoms with Crippen molar-refractivity contribution in [3.05, 3.63) is 57.8 Å². The van der Waals surface area contributed by atoms with Gasteiger partial charge < -0.3 is 20.1 Å². The first-order chi connectivity index (χ1) is 12.6. The smallest absolute Gasteiger partial charge is 0.255 e. The van der Waals surface area contributed by atoms with E-state index in [1.807, 2.05) is 6.07 Å². The van der Waals surface area contributed by atoms with Crippen LogP contribution in [-0.2, 0) is 6.54 Å². The molecule has 2 N–H and O–H groups in total. The van der Waals surface area contributed by atoms with Crippen molar-refractivity contribution in [2.75, 3.05) is 26.3 Å². The summed E-state index contributed by atoms with van der Waals surface area (Å²) in [4.78, 5) is 30.7. The molecular formula is C18H18BrN3O4. The highest BCUT2D eigenvalue weighted by Gasteiger charge is 2.21. The zero-order chi connectivity index (χ0) is 18.5. The van der Waals surface area contributed by atoms with Crippen molar-refractivity contribution in [1.82, 2.24) is 15.2 Å². The Morgan fingerprint density at radius 3 is 2.96 bits per heavy atom. The van der Waals surface area contributed by atoms with Gasteiger partial charge in [-0.15, -0.1) is 0 Å². The highest BCUT2D eigenvalue weighted by atomic mass is 79.9. The summed E-state index contributed by atoms with van der Waals surface area (Å²) in [7, 11) is 0. The number of aliphatic hydroxyl groups is 1. The Balaban J connectivity index is 1.86. The number of halogens is 1. The number of nitrogens with zero attached hydrogens (tertiary/aromatic N) is 2. The van der Waals surface area contributed by atoms with Crippen LogP contribution in [0, 0.1) is 0 Å². The summed E-state index contributed by atoms with van der Waals surface area (Å²) in [5.41, 5.74) is 1.53. The van der Waals surface area contributed by atoms with Crippen LogP contribution in [0.1, 0.15) is 26.3 Å². The van der Waals surface area contributed by atoms with E-state index in [2.05, 4.69) is 26.2 Å². The molecule has 7 nitrogen and oxygen atoms in total. The molecule has 0 saturated carbocycles. The van der Waals surface area contributed by atoms with Crippen molar-refractivity contribution in [3.8, 4) is 5.75 Å². The maximum Gasteiger partial charge on any atom is 0.255 e. The van der Waals surface area contributed by atoms with Crippen LogP contribution in [-0.4, -0.2) is 53.1 Å². The normalized spacial score (nSPS) is 13.2. The van der Waals surface area contributed by atoms with Gasteiger partial charge >= 0.3 is 0 Å². The third-order valence-corrected chi connectivity index (χ3v) is 4.34. The highest BCUT2D eigenvalue weighted by molar-refractivity contribution is 9.10. The average Bonchev–Trinajstić information content (AvgIpc) is 2.82. The van der Waals surface area contributed by atoms with Gasteiger partial charge in [-0.3, -0.25) is 14.6 Å². The number of hydrogen-bond donors (Lipinski definition) is 2. The monoisotopic (exact) mass is 419 g/mol. The molecule has 0 saturated heterocycles. The van der Waals surface area contributed by atoms with Gasteiger partial charge in [0.2, 0.25) is 0 Å². The second-order valence-corrected chi connectivity index (χ2v) is 6.69. The molecular weight excluding hydrogens is 402 g/mol. The fourth-order valence-electron chi connectivity index (χ4n) is 2.71. The molecule has 0 aliphatic carbocycles. The van der Waals surface area contributed by atoms with Gasteiger partial charge in [0.1, 0.15) is 12.4 Å². The molecule has 2 aromatic rings. The summed E-state index contributed by atoms with van der Waals surface area (Å²) >= 11 is 3.35. The largest absolute Gasteiger partial charge is 0.491 e. The summed E-state index contributed by atoms with van der Waals surface area (Å²) in [6, 6.07) is 6.65. The maximum atomic E-state index is 12.9. The molecule has 1 aliphatic heterocycles. The lowest BCUT2D eigenvalue weighted by molar-refractivity contribution is 0.0707. The lowest BCUT2D eigenvalue weighted by Gasteiger charge is -2.22. The second kappa shape index (κ2) is 8.29. The van der Waals surface area contributed by atoms with E-state index in [0.29, 0.717) is 36.6 Å². The van der Waals surface area contributed by atoms with Gasteiger partial charge in [0, 0.05) is 35.5 Å². The molecule has 0 atom stereocenters. The number of aromatic nitrogens is 1. The van der Waals surface area contributed by atoms with Crippen LogP contribution in [0.5, 0.6) is 5.75 Å². The average molecular weight is 420 g/mol. The Hall–Kier alpha value is -2.45. The van der Waals surface area contributed by atoms with E-state index in [-0.39, 0.29) is 25.0 Å². The zero-order valence-corrected chi connectivity index (χ0v) is 15.5. The Labute approximate surface area is 159 Å². The van der Waals surface area contributed by atoms with Gasteiger partial charge in [0.15, 0.2) is 0 Å². The van der Waals surface area contributed by atoms with Crippen molar-refractivity contribution in [3.63, 3.8) is 0 Å². The third kappa shape index (κ3) is 4.20. The molecule has 0 radical (unpaired) electrons. The van der Waals surface area contributed by atoms with Crippen molar-refractivity contribution < 1.29 is 19.4 Å². The molecule has 26 heavy (non-hydrogen) atoms. The summed E-state index contributed by atoms with van der Waals surface area (Å²) in [6.45, 7) is 1.11. The number of carbonyl (C=O) groups is 2. The van der Waals surface area contributed by atoms with E-state index in [1.54, 1.807) is 24.5 Å². The molecule has 1 aromatic carbocycles. The van der Waals surface area contributed by atoms with E-state index in [4.69, 9.17) is 4.74 Å². The minimum atomic E-state index is -0.279. The summed E-state index contributed by atoms with van der Waals surface area (Å²) < 4.78 is 6.32. The van der Waals surface area contributed by atoms with Crippen LogP contribution >= 0.6 is 15.9 Å². The molecule has 0 unspecified atom stereocenters. The summed E-state index contributed by atoms with van der Waals surface area (Å²) in [5, 5.41) is 12.1. The Morgan fingerprint density at radius 1 is 1.35 bits per heavy atom. The van der Waals surface area contributed by atoms with Crippen molar-refractivity contribution in [1.29, 1.82) is 0 Å². The summed E-state index contributed by atoms with van der Waals surface area (Å²) in [6.07, 6.45) is 3.33. The Morgan fingerprint density at radius 2 is 2.19 bits per heavy atom. The lowest BCUT2D eigenvalue weighted by Crippen LogP contribution is -2.33. The number of aliphatic hydroxyl groups excluding tert-OH is 1. The van der Waals surface area contributed by atoms with Crippen molar-refractivity contribution in [2.24, 2.45) is 0 Å². The van der Waals surface area contributed by atoms with E-state index >= 15 is 0 Å². The van der Waals surface area contributed by atoms with Gasteiger partial charge in [0.05, 0.1) is 18.7 Å². The molecule has 1 aliphatic rings. The highest BCUT2D eigenvalue weighted by Crippen LogP contribution is 2.23. The minimum Gasteiger partial charge on any atom is -0.491 e. The fourth-order valence-corrected chi connectivity index (χ4v) is 3.12. The van der Waals surface area contributed by atoms with Crippen LogP contribution in [0.2, 0.25) is 0 Å². The SMILES string of the molecule is O=C1NCCOc2ccc(C(=O)N(CCO)Cc3cncc(Br)c3)cc21. The van der Waals surface area contributed by atoms with Gasteiger partial charge in [-0.1, -0.05) is 0 Å². The third-order valence-electron chi connectivity index (χ3n) is 3.91. The Bertz CT molecular complexity index is 828. The van der Waals surface area contributed by atoms with Gasteiger partial charge in [-0.2, -0.15) is 0 Å².